The number of hydrogen-bond donors (Lipinski definition) is 2. The number of halogens is 1. The minimum Gasteiger partial charge on any atom is -0.478 e. The van der Waals surface area contributed by atoms with Crippen molar-refractivity contribution in [1.29, 1.82) is 0 Å². The fraction of sp³-hybridized carbons (Fsp3) is 0.267. The lowest BCUT2D eigenvalue weighted by atomic mass is 10.1. The highest BCUT2D eigenvalue weighted by atomic mass is 32.2. The second kappa shape index (κ2) is 6.51. The molecule has 1 aromatic carbocycles. The average molecular weight is 341 g/mol. The summed E-state index contributed by atoms with van der Waals surface area (Å²) in [6.07, 6.45) is 0.273. The van der Waals surface area contributed by atoms with Crippen LogP contribution in [0.3, 0.4) is 0 Å². The van der Waals surface area contributed by atoms with Crippen molar-refractivity contribution >= 4 is 16.0 Å². The van der Waals surface area contributed by atoms with E-state index >= 15 is 0 Å². The van der Waals surface area contributed by atoms with Gasteiger partial charge in [-0.05, 0) is 38.0 Å². The topological polar surface area (TPSA) is 96.6 Å². The van der Waals surface area contributed by atoms with Crippen LogP contribution in [0, 0.1) is 19.7 Å². The van der Waals surface area contributed by atoms with E-state index in [-0.39, 0.29) is 34.9 Å². The first-order valence-corrected chi connectivity index (χ1v) is 8.28. The van der Waals surface area contributed by atoms with Crippen LogP contribution in [0.4, 0.5) is 4.39 Å². The lowest BCUT2D eigenvalue weighted by Crippen LogP contribution is -2.27. The SMILES string of the molecule is Cc1oc(C)c(S(=O)(=O)NCCc2cccc(F)c2)c1C(=O)O. The van der Waals surface area contributed by atoms with E-state index in [1.54, 1.807) is 6.07 Å². The number of furan rings is 1. The van der Waals surface area contributed by atoms with Crippen LogP contribution in [0.5, 0.6) is 0 Å². The summed E-state index contributed by atoms with van der Waals surface area (Å²) < 4.78 is 45.2. The third-order valence-electron chi connectivity index (χ3n) is 3.28. The number of aryl methyl sites for hydroxylation is 2. The summed E-state index contributed by atoms with van der Waals surface area (Å²) in [4.78, 5) is 10.9. The summed E-state index contributed by atoms with van der Waals surface area (Å²) in [5, 5.41) is 9.16. The molecule has 124 valence electrons. The van der Waals surface area contributed by atoms with Gasteiger partial charge in [0.1, 0.15) is 27.8 Å². The van der Waals surface area contributed by atoms with Gasteiger partial charge in [-0.1, -0.05) is 12.1 Å². The van der Waals surface area contributed by atoms with E-state index < -0.39 is 21.8 Å². The number of hydrogen-bond acceptors (Lipinski definition) is 4. The Bertz CT molecular complexity index is 842. The molecule has 23 heavy (non-hydrogen) atoms. The van der Waals surface area contributed by atoms with E-state index in [0.717, 1.165) is 0 Å². The highest BCUT2D eigenvalue weighted by Gasteiger charge is 2.30. The van der Waals surface area contributed by atoms with Crippen LogP contribution in [-0.4, -0.2) is 26.0 Å². The molecule has 0 aliphatic carbocycles. The summed E-state index contributed by atoms with van der Waals surface area (Å²) in [7, 11) is -4.04. The first kappa shape index (κ1) is 17.2. The zero-order valence-corrected chi connectivity index (χ0v) is 13.4. The summed E-state index contributed by atoms with van der Waals surface area (Å²) in [6.45, 7) is 2.79. The average Bonchev–Trinajstić information content (AvgIpc) is 2.74. The molecule has 0 saturated carbocycles. The van der Waals surface area contributed by atoms with Gasteiger partial charge < -0.3 is 9.52 Å². The zero-order chi connectivity index (χ0) is 17.2. The Morgan fingerprint density at radius 1 is 1.30 bits per heavy atom. The van der Waals surface area contributed by atoms with E-state index in [1.807, 2.05) is 0 Å². The fourth-order valence-corrected chi connectivity index (χ4v) is 3.76. The molecular weight excluding hydrogens is 325 g/mol. The van der Waals surface area contributed by atoms with Gasteiger partial charge in [-0.2, -0.15) is 0 Å². The number of carbonyl (C=O) groups is 1. The van der Waals surface area contributed by atoms with Gasteiger partial charge in [0, 0.05) is 6.54 Å². The van der Waals surface area contributed by atoms with Crippen LogP contribution >= 0.6 is 0 Å². The molecule has 2 aromatic rings. The second-order valence-electron chi connectivity index (χ2n) is 5.00. The minimum atomic E-state index is -4.04. The lowest BCUT2D eigenvalue weighted by Gasteiger charge is -2.07. The van der Waals surface area contributed by atoms with Gasteiger partial charge in [-0.15, -0.1) is 0 Å². The summed E-state index contributed by atoms with van der Waals surface area (Å²) in [5.41, 5.74) is 0.256. The number of nitrogens with one attached hydrogen (secondary N) is 1. The van der Waals surface area contributed by atoms with Crippen molar-refractivity contribution in [3.63, 3.8) is 0 Å². The maximum atomic E-state index is 13.1. The van der Waals surface area contributed by atoms with Gasteiger partial charge in [0.15, 0.2) is 0 Å². The molecule has 1 heterocycles. The van der Waals surface area contributed by atoms with Gasteiger partial charge in [0.2, 0.25) is 10.0 Å². The summed E-state index contributed by atoms with van der Waals surface area (Å²) >= 11 is 0. The quantitative estimate of drug-likeness (QED) is 0.840. The van der Waals surface area contributed by atoms with Crippen LogP contribution in [-0.2, 0) is 16.4 Å². The highest BCUT2D eigenvalue weighted by Crippen LogP contribution is 2.26. The Morgan fingerprint density at radius 3 is 2.61 bits per heavy atom. The zero-order valence-electron chi connectivity index (χ0n) is 12.6. The van der Waals surface area contributed by atoms with Crippen LogP contribution in [0.25, 0.3) is 0 Å². The van der Waals surface area contributed by atoms with Crippen molar-refractivity contribution in [3.05, 3.63) is 52.7 Å². The Labute approximate surface area is 133 Å². The van der Waals surface area contributed by atoms with E-state index in [9.17, 15) is 17.6 Å². The number of benzene rings is 1. The van der Waals surface area contributed by atoms with Gasteiger partial charge >= 0.3 is 5.97 Å². The Balaban J connectivity index is 2.18. The summed E-state index contributed by atoms with van der Waals surface area (Å²) in [6, 6.07) is 5.81. The van der Waals surface area contributed by atoms with Gasteiger partial charge in [0.25, 0.3) is 0 Å². The molecule has 0 unspecified atom stereocenters. The molecule has 6 nitrogen and oxygen atoms in total. The molecule has 2 N–H and O–H groups in total. The smallest absolute Gasteiger partial charge is 0.340 e. The van der Waals surface area contributed by atoms with Crippen LogP contribution in [0.2, 0.25) is 0 Å². The number of rotatable bonds is 6. The van der Waals surface area contributed by atoms with Crippen LogP contribution in [0.15, 0.2) is 33.6 Å². The Morgan fingerprint density at radius 2 is 2.00 bits per heavy atom. The van der Waals surface area contributed by atoms with Crippen molar-refractivity contribution in [2.24, 2.45) is 0 Å². The lowest BCUT2D eigenvalue weighted by molar-refractivity contribution is 0.0691. The Hall–Kier alpha value is -2.19. The molecule has 0 aliphatic heterocycles. The summed E-state index contributed by atoms with van der Waals surface area (Å²) in [5.74, 6) is -1.73. The Kier molecular flexibility index (Phi) is 4.86. The molecule has 0 spiro atoms. The monoisotopic (exact) mass is 341 g/mol. The number of aromatic carboxylic acids is 1. The minimum absolute atomic E-state index is 0.00845. The molecule has 0 radical (unpaired) electrons. The molecule has 0 fully saturated rings. The van der Waals surface area contributed by atoms with Crippen LogP contribution in [0.1, 0.15) is 27.4 Å². The van der Waals surface area contributed by atoms with Gasteiger partial charge in [-0.25, -0.2) is 22.3 Å². The third kappa shape index (κ3) is 3.77. The fourth-order valence-electron chi connectivity index (χ4n) is 2.33. The molecule has 0 amide bonds. The highest BCUT2D eigenvalue weighted by molar-refractivity contribution is 7.89. The first-order valence-electron chi connectivity index (χ1n) is 6.80. The van der Waals surface area contributed by atoms with E-state index in [0.29, 0.717) is 5.56 Å². The maximum absolute atomic E-state index is 13.1. The third-order valence-corrected chi connectivity index (χ3v) is 4.90. The van der Waals surface area contributed by atoms with Gasteiger partial charge in [-0.3, -0.25) is 0 Å². The molecule has 0 saturated heterocycles. The normalized spacial score (nSPS) is 11.6. The van der Waals surface area contributed by atoms with Crippen molar-refractivity contribution in [2.75, 3.05) is 6.54 Å². The van der Waals surface area contributed by atoms with Crippen molar-refractivity contribution in [3.8, 4) is 0 Å². The standard InChI is InChI=1S/C15H16FNO5S/c1-9-13(15(18)19)14(10(2)22-9)23(20,21)17-7-6-11-4-3-5-12(16)8-11/h3-5,8,17H,6-7H2,1-2H3,(H,18,19). The molecule has 1 aromatic heterocycles. The molecular formula is C15H16FNO5S. The maximum Gasteiger partial charge on any atom is 0.340 e. The molecule has 8 heteroatoms. The largest absolute Gasteiger partial charge is 0.478 e. The van der Waals surface area contributed by atoms with E-state index in [4.69, 9.17) is 9.52 Å². The molecule has 0 aliphatic rings. The molecule has 2 rings (SSSR count). The van der Waals surface area contributed by atoms with Crippen molar-refractivity contribution in [2.45, 2.75) is 25.2 Å². The molecule has 0 atom stereocenters. The number of sulfonamides is 1. The molecule has 0 bridgehead atoms. The van der Waals surface area contributed by atoms with E-state index in [1.165, 1.54) is 32.0 Å². The van der Waals surface area contributed by atoms with Crippen molar-refractivity contribution in [1.82, 2.24) is 4.72 Å². The number of carboxylic acids is 1. The predicted octanol–water partition coefficient (Wildman–Crippen LogP) is 2.25. The second-order valence-corrected chi connectivity index (χ2v) is 6.71. The number of carboxylic acid groups (broad SMARTS) is 1. The van der Waals surface area contributed by atoms with Crippen LogP contribution < -0.4 is 4.72 Å². The predicted molar refractivity (Wildman–Crippen MR) is 80.4 cm³/mol. The van der Waals surface area contributed by atoms with Gasteiger partial charge in [0.05, 0.1) is 0 Å². The van der Waals surface area contributed by atoms with E-state index in [2.05, 4.69) is 4.72 Å². The van der Waals surface area contributed by atoms with Crippen molar-refractivity contribution < 1.29 is 27.1 Å². The first-order chi connectivity index (χ1) is 10.7.